The Hall–Kier alpha value is -0.180. The van der Waals surface area contributed by atoms with Crippen molar-refractivity contribution < 1.29 is 9.90 Å². The molecule has 0 bridgehead atoms. The number of rotatable bonds is 2. The molecule has 0 aromatic heterocycles. The number of aliphatic carboxylic acids is 1. The van der Waals surface area contributed by atoms with Crippen LogP contribution in [0.4, 0.5) is 0 Å². The van der Waals surface area contributed by atoms with Crippen LogP contribution in [0.2, 0.25) is 0 Å². The third-order valence-corrected chi connectivity index (χ3v) is 3.54. The van der Waals surface area contributed by atoms with Gasteiger partial charge in [-0.2, -0.15) is 11.8 Å². The highest BCUT2D eigenvalue weighted by molar-refractivity contribution is 7.99. The van der Waals surface area contributed by atoms with Crippen LogP contribution in [0.25, 0.3) is 0 Å². The molecule has 1 fully saturated rings. The van der Waals surface area contributed by atoms with Crippen LogP contribution < -0.4 is 0 Å². The summed E-state index contributed by atoms with van der Waals surface area (Å²) < 4.78 is 0. The number of hydrogen-bond acceptors (Lipinski definition) is 2. The lowest BCUT2D eigenvalue weighted by Gasteiger charge is -2.26. The van der Waals surface area contributed by atoms with Gasteiger partial charge in [0.25, 0.3) is 0 Å². The van der Waals surface area contributed by atoms with Crippen molar-refractivity contribution >= 4 is 17.7 Å². The van der Waals surface area contributed by atoms with E-state index in [1.807, 2.05) is 11.8 Å². The van der Waals surface area contributed by atoms with Crippen molar-refractivity contribution in [3.05, 3.63) is 0 Å². The fourth-order valence-corrected chi connectivity index (χ4v) is 2.73. The van der Waals surface area contributed by atoms with Crippen LogP contribution in [0.3, 0.4) is 0 Å². The second-order valence-corrected chi connectivity index (χ2v) is 4.35. The average molecular weight is 174 g/mol. The summed E-state index contributed by atoms with van der Waals surface area (Å²) in [6.07, 6.45) is 1.44. The van der Waals surface area contributed by atoms with Gasteiger partial charge in [-0.1, -0.05) is 6.92 Å². The Kier molecular flexibility index (Phi) is 3.24. The Bertz CT molecular complexity index is 147. The highest BCUT2D eigenvalue weighted by atomic mass is 32.2. The first-order chi connectivity index (χ1) is 5.20. The molecule has 1 saturated heterocycles. The molecule has 11 heavy (non-hydrogen) atoms. The third kappa shape index (κ3) is 2.73. The lowest BCUT2D eigenvalue weighted by molar-refractivity contribution is -0.138. The van der Waals surface area contributed by atoms with Crippen LogP contribution in [0.15, 0.2) is 0 Å². The van der Waals surface area contributed by atoms with Gasteiger partial charge in [0.2, 0.25) is 0 Å². The van der Waals surface area contributed by atoms with Crippen molar-refractivity contribution in [3.8, 4) is 0 Å². The summed E-state index contributed by atoms with van der Waals surface area (Å²) >= 11 is 1.94. The topological polar surface area (TPSA) is 37.3 Å². The minimum Gasteiger partial charge on any atom is -0.481 e. The summed E-state index contributed by atoms with van der Waals surface area (Å²) in [5.41, 5.74) is 0. The van der Waals surface area contributed by atoms with Crippen molar-refractivity contribution in [2.75, 3.05) is 11.5 Å². The van der Waals surface area contributed by atoms with E-state index in [1.165, 1.54) is 0 Å². The van der Waals surface area contributed by atoms with Gasteiger partial charge in [0.05, 0.1) is 0 Å². The van der Waals surface area contributed by atoms with E-state index in [1.54, 1.807) is 0 Å². The van der Waals surface area contributed by atoms with Gasteiger partial charge in [0.15, 0.2) is 0 Å². The maximum absolute atomic E-state index is 10.4. The molecule has 2 nitrogen and oxygen atoms in total. The Balaban J connectivity index is 2.35. The van der Waals surface area contributed by atoms with Crippen LogP contribution in [0.5, 0.6) is 0 Å². The monoisotopic (exact) mass is 174 g/mol. The molecule has 2 atom stereocenters. The zero-order chi connectivity index (χ0) is 8.27. The first kappa shape index (κ1) is 8.91. The molecule has 0 radical (unpaired) electrons. The molecule has 0 saturated carbocycles. The first-order valence-corrected chi connectivity index (χ1v) is 5.15. The van der Waals surface area contributed by atoms with E-state index in [0.29, 0.717) is 18.3 Å². The molecule has 1 aliphatic heterocycles. The van der Waals surface area contributed by atoms with E-state index in [0.717, 1.165) is 17.9 Å². The Labute approximate surface area is 71.4 Å². The molecule has 0 spiro atoms. The SMILES string of the molecule is CC1CSCCC1CC(=O)O. The van der Waals surface area contributed by atoms with Gasteiger partial charge in [-0.15, -0.1) is 0 Å². The maximum atomic E-state index is 10.4. The van der Waals surface area contributed by atoms with Crippen LogP contribution in [0, 0.1) is 11.8 Å². The second-order valence-electron chi connectivity index (χ2n) is 3.20. The average Bonchev–Trinajstić information content (AvgIpc) is 1.93. The van der Waals surface area contributed by atoms with Gasteiger partial charge >= 0.3 is 5.97 Å². The van der Waals surface area contributed by atoms with Crippen LogP contribution in [-0.4, -0.2) is 22.6 Å². The zero-order valence-electron chi connectivity index (χ0n) is 6.75. The molecule has 64 valence electrons. The normalized spacial score (nSPS) is 31.7. The lowest BCUT2D eigenvalue weighted by atomic mass is 9.90. The summed E-state index contributed by atoms with van der Waals surface area (Å²) in [7, 11) is 0. The van der Waals surface area contributed by atoms with Crippen LogP contribution in [-0.2, 0) is 4.79 Å². The van der Waals surface area contributed by atoms with Gasteiger partial charge in [-0.3, -0.25) is 4.79 Å². The number of carbonyl (C=O) groups is 1. The third-order valence-electron chi connectivity index (χ3n) is 2.26. The van der Waals surface area contributed by atoms with E-state index < -0.39 is 5.97 Å². The highest BCUT2D eigenvalue weighted by Crippen LogP contribution is 2.30. The van der Waals surface area contributed by atoms with E-state index in [4.69, 9.17) is 5.11 Å². The molecular weight excluding hydrogens is 160 g/mol. The number of hydrogen-bond donors (Lipinski definition) is 1. The number of carboxylic acids is 1. The van der Waals surface area contributed by atoms with Crippen LogP contribution >= 0.6 is 11.8 Å². The second kappa shape index (κ2) is 4.00. The van der Waals surface area contributed by atoms with Gasteiger partial charge in [-0.25, -0.2) is 0 Å². The molecule has 1 heterocycles. The number of carboxylic acid groups (broad SMARTS) is 1. The van der Waals surface area contributed by atoms with Crippen molar-refractivity contribution in [2.24, 2.45) is 11.8 Å². The largest absolute Gasteiger partial charge is 0.481 e. The van der Waals surface area contributed by atoms with Gasteiger partial charge < -0.3 is 5.11 Å². The summed E-state index contributed by atoms with van der Waals surface area (Å²) in [5, 5.41) is 8.58. The standard InChI is InChI=1S/C8H14O2S/c1-6-5-11-3-2-7(6)4-8(9)10/h6-7H,2-5H2,1H3,(H,9,10). The molecule has 0 aliphatic carbocycles. The van der Waals surface area contributed by atoms with Crippen molar-refractivity contribution in [2.45, 2.75) is 19.8 Å². The zero-order valence-corrected chi connectivity index (χ0v) is 7.56. The van der Waals surface area contributed by atoms with E-state index in [-0.39, 0.29) is 0 Å². The van der Waals surface area contributed by atoms with Gasteiger partial charge in [0.1, 0.15) is 0 Å². The fraction of sp³-hybridized carbons (Fsp3) is 0.875. The smallest absolute Gasteiger partial charge is 0.303 e. The summed E-state index contributed by atoms with van der Waals surface area (Å²) in [6, 6.07) is 0. The molecular formula is C8H14O2S. The molecule has 1 N–H and O–H groups in total. The maximum Gasteiger partial charge on any atom is 0.303 e. The van der Waals surface area contributed by atoms with Crippen molar-refractivity contribution in [1.82, 2.24) is 0 Å². The summed E-state index contributed by atoms with van der Waals surface area (Å²) in [6.45, 7) is 2.15. The fourth-order valence-electron chi connectivity index (χ4n) is 1.45. The van der Waals surface area contributed by atoms with E-state index in [2.05, 4.69) is 6.92 Å². The molecule has 3 heteroatoms. The predicted molar refractivity (Wildman–Crippen MR) is 46.8 cm³/mol. The molecule has 1 aliphatic rings. The Morgan fingerprint density at radius 1 is 1.73 bits per heavy atom. The van der Waals surface area contributed by atoms with Gasteiger partial charge in [-0.05, 0) is 29.8 Å². The van der Waals surface area contributed by atoms with Crippen molar-refractivity contribution in [1.29, 1.82) is 0 Å². The summed E-state index contributed by atoms with van der Waals surface area (Å²) in [4.78, 5) is 10.4. The molecule has 0 amide bonds. The molecule has 2 unspecified atom stereocenters. The Morgan fingerprint density at radius 2 is 2.45 bits per heavy atom. The molecule has 0 aromatic rings. The van der Waals surface area contributed by atoms with E-state index in [9.17, 15) is 4.79 Å². The molecule has 0 aromatic carbocycles. The minimum atomic E-state index is -0.645. The molecule has 1 rings (SSSR count). The van der Waals surface area contributed by atoms with Gasteiger partial charge in [0, 0.05) is 6.42 Å². The predicted octanol–water partition coefficient (Wildman–Crippen LogP) is 1.85. The minimum absolute atomic E-state index is 0.363. The highest BCUT2D eigenvalue weighted by Gasteiger charge is 2.23. The van der Waals surface area contributed by atoms with E-state index >= 15 is 0 Å². The first-order valence-electron chi connectivity index (χ1n) is 3.99. The lowest BCUT2D eigenvalue weighted by Crippen LogP contribution is -2.22. The number of thioether (sulfide) groups is 1. The Morgan fingerprint density at radius 3 is 3.00 bits per heavy atom. The van der Waals surface area contributed by atoms with Crippen LogP contribution in [0.1, 0.15) is 19.8 Å². The summed E-state index contributed by atoms with van der Waals surface area (Å²) in [5.74, 6) is 2.65. The quantitative estimate of drug-likeness (QED) is 0.694. The van der Waals surface area contributed by atoms with Crippen molar-refractivity contribution in [3.63, 3.8) is 0 Å².